The second-order valence-corrected chi connectivity index (χ2v) is 8.10. The average Bonchev–Trinajstić information content (AvgIpc) is 2.71. The molecular formula is C21H30F4N4O2. The van der Waals surface area contributed by atoms with Gasteiger partial charge in [0.25, 0.3) is 5.91 Å². The van der Waals surface area contributed by atoms with Crippen LogP contribution in [0.5, 0.6) is 0 Å². The third-order valence-corrected chi connectivity index (χ3v) is 5.13. The van der Waals surface area contributed by atoms with E-state index in [4.69, 9.17) is 0 Å². The van der Waals surface area contributed by atoms with Gasteiger partial charge in [0.15, 0.2) is 0 Å². The van der Waals surface area contributed by atoms with Crippen LogP contribution in [0.15, 0.2) is 18.2 Å². The van der Waals surface area contributed by atoms with Crippen molar-refractivity contribution in [3.63, 3.8) is 0 Å². The summed E-state index contributed by atoms with van der Waals surface area (Å²) in [4.78, 5) is 26.1. The van der Waals surface area contributed by atoms with Crippen LogP contribution >= 0.6 is 0 Å². The van der Waals surface area contributed by atoms with Gasteiger partial charge in [-0.2, -0.15) is 13.2 Å². The number of halogens is 4. The first kappa shape index (κ1) is 24.9. The highest BCUT2D eigenvalue weighted by Gasteiger charge is 2.32. The van der Waals surface area contributed by atoms with Crippen LogP contribution < -0.4 is 16.0 Å². The van der Waals surface area contributed by atoms with Crippen molar-refractivity contribution in [1.29, 1.82) is 0 Å². The molecule has 0 aromatic heterocycles. The Balaban J connectivity index is 1.76. The molecule has 3 N–H and O–H groups in total. The van der Waals surface area contributed by atoms with Crippen LogP contribution in [0.25, 0.3) is 0 Å². The van der Waals surface area contributed by atoms with Crippen LogP contribution in [0.4, 0.5) is 22.4 Å². The maximum Gasteiger partial charge on any atom is 0.416 e. The summed E-state index contributed by atoms with van der Waals surface area (Å²) in [6.07, 6.45) is -2.98. The number of likely N-dealkylation sites (tertiary alicyclic amines) is 1. The molecular weight excluding hydrogens is 416 g/mol. The first-order valence-corrected chi connectivity index (χ1v) is 10.4. The maximum absolute atomic E-state index is 13.0. The molecule has 0 aliphatic carbocycles. The predicted octanol–water partition coefficient (Wildman–Crippen LogP) is 3.32. The van der Waals surface area contributed by atoms with Gasteiger partial charge in [-0.1, -0.05) is 0 Å². The minimum absolute atomic E-state index is 0.0745. The molecule has 0 unspecified atom stereocenters. The van der Waals surface area contributed by atoms with Gasteiger partial charge in [0.1, 0.15) is 6.67 Å². The number of urea groups is 1. The molecule has 0 spiro atoms. The van der Waals surface area contributed by atoms with Crippen molar-refractivity contribution in [3.8, 4) is 0 Å². The van der Waals surface area contributed by atoms with E-state index in [1.807, 2.05) is 13.8 Å². The molecule has 1 saturated heterocycles. The smallest absolute Gasteiger partial charge is 0.352 e. The number of carbonyl (C=O) groups is 2. The van der Waals surface area contributed by atoms with Gasteiger partial charge in [0.05, 0.1) is 5.56 Å². The van der Waals surface area contributed by atoms with E-state index < -0.39 is 24.3 Å². The van der Waals surface area contributed by atoms with E-state index in [1.54, 1.807) is 0 Å². The molecule has 1 aromatic rings. The highest BCUT2D eigenvalue weighted by atomic mass is 19.4. The molecule has 10 heteroatoms. The van der Waals surface area contributed by atoms with Crippen LogP contribution in [-0.4, -0.2) is 55.6 Å². The zero-order chi connectivity index (χ0) is 23.0. The Morgan fingerprint density at radius 2 is 1.81 bits per heavy atom. The fraction of sp³-hybridized carbons (Fsp3) is 0.619. The highest BCUT2D eigenvalue weighted by molar-refractivity contribution is 5.94. The Labute approximate surface area is 179 Å². The number of benzene rings is 1. The third kappa shape index (κ3) is 8.35. The molecule has 0 saturated carbocycles. The number of hydrogen-bond donors (Lipinski definition) is 3. The van der Waals surface area contributed by atoms with Gasteiger partial charge in [0.2, 0.25) is 0 Å². The number of piperidine rings is 1. The molecule has 174 valence electrons. The molecule has 1 aliphatic heterocycles. The zero-order valence-electron chi connectivity index (χ0n) is 17.8. The largest absolute Gasteiger partial charge is 0.416 e. The number of alkyl halides is 4. The fourth-order valence-corrected chi connectivity index (χ4v) is 3.46. The molecule has 31 heavy (non-hydrogen) atoms. The first-order valence-electron chi connectivity index (χ1n) is 10.4. The van der Waals surface area contributed by atoms with Gasteiger partial charge in [-0.3, -0.25) is 4.79 Å². The number of nitrogens with zero attached hydrogens (tertiary/aromatic N) is 1. The van der Waals surface area contributed by atoms with E-state index in [2.05, 4.69) is 20.9 Å². The summed E-state index contributed by atoms with van der Waals surface area (Å²) in [7, 11) is 0. The van der Waals surface area contributed by atoms with Crippen LogP contribution in [0.1, 0.15) is 48.2 Å². The number of amides is 3. The van der Waals surface area contributed by atoms with Crippen molar-refractivity contribution in [3.05, 3.63) is 34.9 Å². The van der Waals surface area contributed by atoms with Crippen molar-refractivity contribution >= 4 is 11.9 Å². The Bertz CT molecular complexity index is 747. The van der Waals surface area contributed by atoms with E-state index >= 15 is 0 Å². The monoisotopic (exact) mass is 446 g/mol. The van der Waals surface area contributed by atoms with Crippen LogP contribution in [0.3, 0.4) is 0 Å². The van der Waals surface area contributed by atoms with Gasteiger partial charge in [-0.05, 0) is 69.5 Å². The molecule has 6 nitrogen and oxygen atoms in total. The molecule has 0 atom stereocenters. The first-order chi connectivity index (χ1) is 14.6. The second kappa shape index (κ2) is 11.3. The van der Waals surface area contributed by atoms with E-state index in [9.17, 15) is 27.2 Å². The standard InChI is InChI=1S/C21H30F4N4O2/c1-14(2)28-20(31)26-5-8-29-6-3-15(4-7-29)13-27-19(30)17-9-16(12-22)10-18(11-17)21(23,24)25/h9-11,14-15H,3-8,12-13H2,1-2H3,(H,27,30)(H2,26,28,31). The Morgan fingerprint density at radius 3 is 2.39 bits per heavy atom. The molecule has 0 bridgehead atoms. The van der Waals surface area contributed by atoms with Gasteiger partial charge >= 0.3 is 12.2 Å². The lowest BCUT2D eigenvalue weighted by atomic mass is 9.96. The van der Waals surface area contributed by atoms with E-state index in [0.717, 1.165) is 44.6 Å². The van der Waals surface area contributed by atoms with Gasteiger partial charge in [-0.15, -0.1) is 0 Å². The number of rotatable bonds is 8. The normalized spacial score (nSPS) is 15.7. The summed E-state index contributed by atoms with van der Waals surface area (Å²) in [6, 6.07) is 2.49. The number of hydrogen-bond acceptors (Lipinski definition) is 3. The maximum atomic E-state index is 13.0. The zero-order valence-corrected chi connectivity index (χ0v) is 17.8. The summed E-state index contributed by atoms with van der Waals surface area (Å²) in [6.45, 7) is 5.92. The Kier molecular flexibility index (Phi) is 9.09. The molecule has 2 rings (SSSR count). The van der Waals surface area contributed by atoms with Crippen molar-refractivity contribution in [2.24, 2.45) is 5.92 Å². The Morgan fingerprint density at radius 1 is 1.13 bits per heavy atom. The lowest BCUT2D eigenvalue weighted by Crippen LogP contribution is -2.45. The van der Waals surface area contributed by atoms with E-state index in [1.165, 1.54) is 0 Å². The summed E-state index contributed by atoms with van der Waals surface area (Å²) in [5.41, 5.74) is -1.40. The topological polar surface area (TPSA) is 73.5 Å². The van der Waals surface area contributed by atoms with Gasteiger partial charge < -0.3 is 20.9 Å². The third-order valence-electron chi connectivity index (χ3n) is 5.13. The molecule has 1 heterocycles. The minimum Gasteiger partial charge on any atom is -0.352 e. The minimum atomic E-state index is -4.64. The lowest BCUT2D eigenvalue weighted by molar-refractivity contribution is -0.137. The van der Waals surface area contributed by atoms with E-state index in [-0.39, 0.29) is 29.1 Å². The van der Waals surface area contributed by atoms with Crippen molar-refractivity contribution in [1.82, 2.24) is 20.9 Å². The summed E-state index contributed by atoms with van der Waals surface area (Å²) in [5, 5.41) is 8.23. The van der Waals surface area contributed by atoms with Crippen LogP contribution in [-0.2, 0) is 12.9 Å². The highest BCUT2D eigenvalue weighted by Crippen LogP contribution is 2.31. The van der Waals surface area contributed by atoms with Gasteiger partial charge in [-0.25, -0.2) is 9.18 Å². The van der Waals surface area contributed by atoms with Gasteiger partial charge in [0, 0.05) is 31.2 Å². The average molecular weight is 446 g/mol. The number of nitrogens with one attached hydrogen (secondary N) is 3. The molecule has 1 fully saturated rings. The molecule has 0 radical (unpaired) electrons. The van der Waals surface area contributed by atoms with Crippen molar-refractivity contribution < 1.29 is 27.2 Å². The molecule has 1 aromatic carbocycles. The fourth-order valence-electron chi connectivity index (χ4n) is 3.46. The van der Waals surface area contributed by atoms with Crippen LogP contribution in [0.2, 0.25) is 0 Å². The van der Waals surface area contributed by atoms with Crippen LogP contribution in [0, 0.1) is 5.92 Å². The van der Waals surface area contributed by atoms with Crippen molar-refractivity contribution in [2.45, 2.75) is 45.6 Å². The summed E-state index contributed by atoms with van der Waals surface area (Å²) >= 11 is 0. The summed E-state index contributed by atoms with van der Waals surface area (Å²) < 4.78 is 51.8. The second-order valence-electron chi connectivity index (χ2n) is 8.10. The van der Waals surface area contributed by atoms with E-state index in [0.29, 0.717) is 19.2 Å². The summed E-state index contributed by atoms with van der Waals surface area (Å²) in [5.74, 6) is -0.424. The lowest BCUT2D eigenvalue weighted by Gasteiger charge is -2.32. The molecule has 1 aliphatic rings. The quantitative estimate of drug-likeness (QED) is 0.537. The predicted molar refractivity (Wildman–Crippen MR) is 109 cm³/mol. The Hall–Kier alpha value is -2.36. The number of carbonyl (C=O) groups excluding carboxylic acids is 2. The van der Waals surface area contributed by atoms with Crippen molar-refractivity contribution in [2.75, 3.05) is 32.7 Å². The SMILES string of the molecule is CC(C)NC(=O)NCCN1CCC(CNC(=O)c2cc(CF)cc(C(F)(F)F)c2)CC1. The molecule has 3 amide bonds.